The quantitative estimate of drug-likeness (QED) is 0.351. The average molecular weight is 187 g/mol. The number of hydrogen-bond acceptors (Lipinski definition) is 4. The minimum absolute atomic E-state index is 0. The topological polar surface area (TPSA) is 73.2 Å². The van der Waals surface area contributed by atoms with E-state index in [1.165, 1.54) is 6.07 Å². The van der Waals surface area contributed by atoms with Crippen molar-refractivity contribution in [2.24, 2.45) is 0 Å². The summed E-state index contributed by atoms with van der Waals surface area (Å²) in [5, 5.41) is 7.93. The second kappa shape index (κ2) is 6.95. The largest absolute Gasteiger partial charge is 1.00 e. The van der Waals surface area contributed by atoms with Crippen LogP contribution in [0, 0.1) is 11.3 Å². The molecule has 0 N–H and O–H groups in total. The summed E-state index contributed by atoms with van der Waals surface area (Å²) >= 11 is 0. The summed E-state index contributed by atoms with van der Waals surface area (Å²) in [6.07, 6.45) is -0.541. The van der Waals surface area contributed by atoms with Crippen LogP contribution in [0.2, 0.25) is 0 Å². The Morgan fingerprint density at radius 2 is 2.30 bits per heavy atom. The number of nitrogens with zero attached hydrogens (tertiary/aromatic N) is 1. The van der Waals surface area contributed by atoms with Crippen LogP contribution in [0.3, 0.4) is 0 Å². The molecule has 0 spiro atoms. The molecule has 0 aromatic rings. The van der Waals surface area contributed by atoms with E-state index in [1.807, 2.05) is 0 Å². The molecule has 0 bridgehead atoms. The standard InChI is InChI=1S/C4H8NO3P.K/c1-2-8-9(6,7)4-3-5;/h2,4H2,1H3,(H,6,7);/q;+1/p-1. The van der Waals surface area contributed by atoms with Crippen molar-refractivity contribution >= 4 is 7.60 Å². The zero-order valence-electron chi connectivity index (χ0n) is 6.03. The summed E-state index contributed by atoms with van der Waals surface area (Å²) in [6, 6.07) is 1.49. The summed E-state index contributed by atoms with van der Waals surface area (Å²) in [4.78, 5) is 10.4. The molecule has 10 heavy (non-hydrogen) atoms. The molecule has 0 fully saturated rings. The fourth-order valence-electron chi connectivity index (χ4n) is 0.329. The molecule has 52 valence electrons. The number of hydrogen-bond donors (Lipinski definition) is 0. The van der Waals surface area contributed by atoms with Gasteiger partial charge in [-0.05, 0) is 6.92 Å². The fourth-order valence-corrected chi connectivity index (χ4v) is 0.987. The first-order valence-electron chi connectivity index (χ1n) is 2.44. The Morgan fingerprint density at radius 1 is 1.80 bits per heavy atom. The number of nitriles is 1. The predicted octanol–water partition coefficient (Wildman–Crippen LogP) is -2.90. The van der Waals surface area contributed by atoms with E-state index in [1.54, 1.807) is 6.92 Å². The Kier molecular flexibility index (Phi) is 9.62. The fraction of sp³-hybridized carbons (Fsp3) is 0.750. The maximum absolute atomic E-state index is 10.4. The third-order valence-electron chi connectivity index (χ3n) is 0.590. The van der Waals surface area contributed by atoms with Crippen LogP contribution >= 0.6 is 7.60 Å². The van der Waals surface area contributed by atoms with Crippen molar-refractivity contribution in [2.75, 3.05) is 12.8 Å². The van der Waals surface area contributed by atoms with E-state index in [9.17, 15) is 9.46 Å². The average Bonchev–Trinajstić information content (AvgIpc) is 1.64. The molecule has 0 saturated carbocycles. The van der Waals surface area contributed by atoms with Crippen molar-refractivity contribution in [3.63, 3.8) is 0 Å². The minimum Gasteiger partial charge on any atom is -0.778 e. The van der Waals surface area contributed by atoms with Crippen LogP contribution in [0.25, 0.3) is 0 Å². The van der Waals surface area contributed by atoms with Gasteiger partial charge in [0.25, 0.3) is 0 Å². The van der Waals surface area contributed by atoms with Gasteiger partial charge in [-0.15, -0.1) is 0 Å². The third-order valence-corrected chi connectivity index (χ3v) is 1.77. The summed E-state index contributed by atoms with van der Waals surface area (Å²) in [5.41, 5.74) is 0. The first-order chi connectivity index (χ1) is 4.12. The van der Waals surface area contributed by atoms with Crippen LogP contribution in [0.1, 0.15) is 6.92 Å². The Morgan fingerprint density at radius 3 is 2.60 bits per heavy atom. The van der Waals surface area contributed by atoms with Crippen molar-refractivity contribution < 1.29 is 65.4 Å². The SMILES string of the molecule is CCOP(=O)([O-])CC#N.[K+]. The van der Waals surface area contributed by atoms with Gasteiger partial charge in [-0.2, -0.15) is 5.26 Å². The van der Waals surface area contributed by atoms with Gasteiger partial charge in [0.15, 0.2) is 0 Å². The van der Waals surface area contributed by atoms with Crippen molar-refractivity contribution in [3.8, 4) is 6.07 Å². The summed E-state index contributed by atoms with van der Waals surface area (Å²) in [5.74, 6) is 0. The van der Waals surface area contributed by atoms with Gasteiger partial charge in [0.1, 0.15) is 7.60 Å². The second-order valence-electron chi connectivity index (χ2n) is 1.34. The molecule has 0 aromatic heterocycles. The third kappa shape index (κ3) is 7.38. The van der Waals surface area contributed by atoms with Gasteiger partial charge in [0, 0.05) is 0 Å². The van der Waals surface area contributed by atoms with Crippen LogP contribution in [0.15, 0.2) is 0 Å². The molecule has 0 aliphatic carbocycles. The van der Waals surface area contributed by atoms with E-state index in [0.29, 0.717) is 0 Å². The van der Waals surface area contributed by atoms with Gasteiger partial charge in [-0.1, -0.05) is 0 Å². The van der Waals surface area contributed by atoms with Gasteiger partial charge in [0.05, 0.1) is 18.8 Å². The molecular weight excluding hydrogens is 180 g/mol. The zero-order chi connectivity index (χ0) is 7.33. The summed E-state index contributed by atoms with van der Waals surface area (Å²) in [6.45, 7) is 1.66. The Balaban J connectivity index is 0. The van der Waals surface area contributed by atoms with Gasteiger partial charge >= 0.3 is 51.4 Å². The van der Waals surface area contributed by atoms with Crippen LogP contribution in [0.5, 0.6) is 0 Å². The van der Waals surface area contributed by atoms with Crippen LogP contribution in [0.4, 0.5) is 0 Å². The summed E-state index contributed by atoms with van der Waals surface area (Å²) < 4.78 is 14.7. The maximum Gasteiger partial charge on any atom is 1.00 e. The van der Waals surface area contributed by atoms with Crippen LogP contribution in [-0.4, -0.2) is 12.8 Å². The molecular formula is C4H7KNO3P. The van der Waals surface area contributed by atoms with Crippen LogP contribution < -0.4 is 56.3 Å². The van der Waals surface area contributed by atoms with Crippen molar-refractivity contribution in [2.45, 2.75) is 6.92 Å². The van der Waals surface area contributed by atoms with Crippen molar-refractivity contribution in [1.29, 1.82) is 5.26 Å². The zero-order valence-corrected chi connectivity index (χ0v) is 10.1. The van der Waals surface area contributed by atoms with Gasteiger partial charge < -0.3 is 14.0 Å². The first-order valence-corrected chi connectivity index (χ1v) is 4.16. The maximum atomic E-state index is 10.4. The minimum atomic E-state index is -3.80. The van der Waals surface area contributed by atoms with E-state index in [-0.39, 0.29) is 58.0 Å². The molecule has 6 heteroatoms. The summed E-state index contributed by atoms with van der Waals surface area (Å²) in [7, 11) is -3.80. The van der Waals surface area contributed by atoms with Gasteiger partial charge in [-0.3, -0.25) is 0 Å². The number of rotatable bonds is 3. The predicted molar refractivity (Wildman–Crippen MR) is 29.7 cm³/mol. The molecule has 0 rings (SSSR count). The van der Waals surface area contributed by atoms with E-state index < -0.39 is 13.8 Å². The van der Waals surface area contributed by atoms with E-state index in [4.69, 9.17) is 5.26 Å². The molecule has 1 unspecified atom stereocenters. The molecule has 0 amide bonds. The first kappa shape index (κ1) is 13.8. The van der Waals surface area contributed by atoms with Gasteiger partial charge in [-0.25, -0.2) is 0 Å². The molecule has 0 radical (unpaired) electrons. The second-order valence-corrected chi connectivity index (χ2v) is 3.14. The molecule has 4 nitrogen and oxygen atoms in total. The molecule has 0 aliphatic heterocycles. The molecule has 0 heterocycles. The van der Waals surface area contributed by atoms with Crippen LogP contribution in [-0.2, 0) is 9.09 Å². The molecule has 1 atom stereocenters. The normalized spacial score (nSPS) is 14.5. The molecule has 0 aliphatic rings. The van der Waals surface area contributed by atoms with Crippen molar-refractivity contribution in [3.05, 3.63) is 0 Å². The van der Waals surface area contributed by atoms with E-state index in [0.717, 1.165) is 0 Å². The monoisotopic (exact) mass is 187 g/mol. The Bertz CT molecular complexity index is 166. The molecule has 0 aromatic carbocycles. The van der Waals surface area contributed by atoms with Crippen molar-refractivity contribution in [1.82, 2.24) is 0 Å². The Hall–Kier alpha value is 1.28. The van der Waals surface area contributed by atoms with E-state index >= 15 is 0 Å². The smallest absolute Gasteiger partial charge is 0.778 e. The van der Waals surface area contributed by atoms with Gasteiger partial charge in [0.2, 0.25) is 0 Å². The van der Waals surface area contributed by atoms with E-state index in [2.05, 4.69) is 4.52 Å². The Labute approximate surface area is 103 Å². The molecule has 0 saturated heterocycles.